The molecule has 0 radical (unpaired) electrons. The normalized spacial score (nSPS) is 25.8. The molecule has 1 aliphatic heterocycles. The van der Waals surface area contributed by atoms with Crippen molar-refractivity contribution in [3.05, 3.63) is 24.3 Å². The van der Waals surface area contributed by atoms with Gasteiger partial charge in [0, 0.05) is 42.5 Å². The highest BCUT2D eigenvalue weighted by Crippen LogP contribution is 2.32. The number of nitrogens with one attached hydrogen (secondary N) is 2. The maximum absolute atomic E-state index is 11.8. The van der Waals surface area contributed by atoms with Gasteiger partial charge >= 0.3 is 0 Å². The Morgan fingerprint density at radius 1 is 1.10 bits per heavy atom. The molecule has 0 bridgehead atoms. The smallest absolute Gasteiger partial charge is 0.227 e. The van der Waals surface area contributed by atoms with Gasteiger partial charge in [-0.2, -0.15) is 0 Å². The van der Waals surface area contributed by atoms with E-state index in [1.54, 1.807) is 0 Å². The van der Waals surface area contributed by atoms with E-state index in [1.807, 2.05) is 12.1 Å². The fraction of sp³-hybridized carbons (Fsp3) is 0.588. The second kappa shape index (κ2) is 5.34. The number of rotatable bonds is 5. The van der Waals surface area contributed by atoms with Crippen molar-refractivity contribution in [2.75, 3.05) is 23.7 Å². The maximum Gasteiger partial charge on any atom is 0.227 e. The summed E-state index contributed by atoms with van der Waals surface area (Å²) in [6, 6.07) is 9.53. The molecule has 1 unspecified atom stereocenters. The highest BCUT2D eigenvalue weighted by atomic mass is 16.2. The number of carbonyl (C=O) groups is 1. The van der Waals surface area contributed by atoms with Crippen molar-refractivity contribution in [2.45, 2.75) is 44.2 Å². The molecule has 3 fully saturated rings. The van der Waals surface area contributed by atoms with Crippen molar-refractivity contribution in [1.29, 1.82) is 0 Å². The molecule has 1 saturated heterocycles. The summed E-state index contributed by atoms with van der Waals surface area (Å²) in [5.74, 6) is 0.427. The molecule has 1 atom stereocenters. The van der Waals surface area contributed by atoms with Crippen molar-refractivity contribution in [3.8, 4) is 0 Å². The molecule has 0 aromatic heterocycles. The van der Waals surface area contributed by atoms with E-state index in [4.69, 9.17) is 0 Å². The maximum atomic E-state index is 11.8. The van der Waals surface area contributed by atoms with E-state index in [9.17, 15) is 4.79 Å². The molecule has 2 saturated carbocycles. The molecule has 4 heteroatoms. The zero-order valence-corrected chi connectivity index (χ0v) is 12.3. The second-order valence-electron chi connectivity index (χ2n) is 6.70. The molecule has 0 spiro atoms. The van der Waals surface area contributed by atoms with E-state index >= 15 is 0 Å². The molecule has 21 heavy (non-hydrogen) atoms. The number of hydrogen-bond acceptors (Lipinski definition) is 3. The Morgan fingerprint density at radius 3 is 2.67 bits per heavy atom. The highest BCUT2D eigenvalue weighted by molar-refractivity contribution is 5.94. The number of anilines is 2. The van der Waals surface area contributed by atoms with Crippen molar-refractivity contribution < 1.29 is 4.79 Å². The van der Waals surface area contributed by atoms with Gasteiger partial charge in [-0.25, -0.2) is 0 Å². The molecule has 1 aromatic rings. The Balaban J connectivity index is 1.35. The molecule has 4 nitrogen and oxygen atoms in total. The lowest BCUT2D eigenvalue weighted by Crippen LogP contribution is -2.27. The largest absolute Gasteiger partial charge is 0.381 e. The summed E-state index contributed by atoms with van der Waals surface area (Å²) in [5, 5.41) is 6.64. The van der Waals surface area contributed by atoms with E-state index in [0.29, 0.717) is 6.04 Å². The van der Waals surface area contributed by atoms with Crippen LogP contribution in [-0.4, -0.2) is 36.0 Å². The Morgan fingerprint density at radius 2 is 1.90 bits per heavy atom. The van der Waals surface area contributed by atoms with Crippen LogP contribution in [-0.2, 0) is 4.79 Å². The van der Waals surface area contributed by atoms with E-state index in [1.165, 1.54) is 25.8 Å². The average Bonchev–Trinajstić information content (AvgIpc) is 3.38. The van der Waals surface area contributed by atoms with Crippen molar-refractivity contribution in [1.82, 2.24) is 4.90 Å². The minimum Gasteiger partial charge on any atom is -0.381 e. The minimum atomic E-state index is 0.174. The Bertz CT molecular complexity index is 537. The number of carbonyl (C=O) groups excluding carboxylic acids is 1. The van der Waals surface area contributed by atoms with Crippen LogP contribution in [0.2, 0.25) is 0 Å². The predicted octanol–water partition coefficient (Wildman–Crippen LogP) is 2.68. The van der Waals surface area contributed by atoms with Gasteiger partial charge in [0.25, 0.3) is 0 Å². The van der Waals surface area contributed by atoms with Crippen LogP contribution in [0.1, 0.15) is 32.1 Å². The molecule has 2 N–H and O–H groups in total. The molecule has 4 rings (SSSR count). The summed E-state index contributed by atoms with van der Waals surface area (Å²) in [6.45, 7) is 2.38. The van der Waals surface area contributed by atoms with Crippen LogP contribution in [0.15, 0.2) is 24.3 Å². The third kappa shape index (κ3) is 3.21. The van der Waals surface area contributed by atoms with Crippen molar-refractivity contribution in [2.24, 2.45) is 5.92 Å². The van der Waals surface area contributed by atoms with Crippen LogP contribution in [0.3, 0.4) is 0 Å². The van der Waals surface area contributed by atoms with E-state index in [-0.39, 0.29) is 11.8 Å². The van der Waals surface area contributed by atoms with Crippen LogP contribution in [0.5, 0.6) is 0 Å². The Hall–Kier alpha value is -1.55. The highest BCUT2D eigenvalue weighted by Gasteiger charge is 2.34. The van der Waals surface area contributed by atoms with Gasteiger partial charge in [0.2, 0.25) is 5.91 Å². The second-order valence-corrected chi connectivity index (χ2v) is 6.70. The molecule has 3 aliphatic rings. The van der Waals surface area contributed by atoms with Gasteiger partial charge in [-0.05, 0) is 50.3 Å². The van der Waals surface area contributed by atoms with Crippen LogP contribution < -0.4 is 10.6 Å². The summed E-state index contributed by atoms with van der Waals surface area (Å²) in [6.07, 6.45) is 6.08. The molecule has 2 aliphatic carbocycles. The van der Waals surface area contributed by atoms with Gasteiger partial charge in [-0.15, -0.1) is 0 Å². The fourth-order valence-electron chi connectivity index (χ4n) is 3.19. The predicted molar refractivity (Wildman–Crippen MR) is 84.4 cm³/mol. The van der Waals surface area contributed by atoms with Gasteiger partial charge in [-0.3, -0.25) is 9.69 Å². The number of nitrogens with zero attached hydrogens (tertiary/aromatic N) is 1. The SMILES string of the molecule is O=C(Nc1cccc(NC2CCN(C3CC3)C2)c1)C1CC1. The third-order valence-corrected chi connectivity index (χ3v) is 4.73. The molecular weight excluding hydrogens is 262 g/mol. The average molecular weight is 285 g/mol. The first kappa shape index (κ1) is 13.1. The van der Waals surface area contributed by atoms with Crippen LogP contribution in [0.25, 0.3) is 0 Å². The van der Waals surface area contributed by atoms with Gasteiger partial charge in [0.1, 0.15) is 0 Å². The molecule has 1 amide bonds. The summed E-state index contributed by atoms with van der Waals surface area (Å²) in [5.41, 5.74) is 2.03. The van der Waals surface area contributed by atoms with Gasteiger partial charge in [-0.1, -0.05) is 6.07 Å². The minimum absolute atomic E-state index is 0.174. The van der Waals surface area contributed by atoms with Gasteiger partial charge in [0.15, 0.2) is 0 Å². The lowest BCUT2D eigenvalue weighted by molar-refractivity contribution is -0.117. The molecule has 1 heterocycles. The Labute approximate surface area is 125 Å². The lowest BCUT2D eigenvalue weighted by Gasteiger charge is -2.17. The number of amides is 1. The van der Waals surface area contributed by atoms with E-state index < -0.39 is 0 Å². The van der Waals surface area contributed by atoms with Gasteiger partial charge < -0.3 is 10.6 Å². The third-order valence-electron chi connectivity index (χ3n) is 4.73. The Kier molecular flexibility index (Phi) is 3.34. The van der Waals surface area contributed by atoms with Crippen molar-refractivity contribution in [3.63, 3.8) is 0 Å². The summed E-state index contributed by atoms with van der Waals surface area (Å²) in [4.78, 5) is 14.4. The molecule has 1 aromatic carbocycles. The van der Waals surface area contributed by atoms with Crippen LogP contribution in [0, 0.1) is 5.92 Å². The van der Waals surface area contributed by atoms with Crippen LogP contribution >= 0.6 is 0 Å². The first-order valence-corrected chi connectivity index (χ1v) is 8.19. The number of likely N-dealkylation sites (tertiary alicyclic amines) is 1. The number of benzene rings is 1. The monoisotopic (exact) mass is 285 g/mol. The van der Waals surface area contributed by atoms with E-state index in [2.05, 4.69) is 27.7 Å². The zero-order chi connectivity index (χ0) is 14.2. The van der Waals surface area contributed by atoms with E-state index in [0.717, 1.165) is 36.8 Å². The van der Waals surface area contributed by atoms with Crippen molar-refractivity contribution >= 4 is 17.3 Å². The quantitative estimate of drug-likeness (QED) is 0.874. The fourth-order valence-corrected chi connectivity index (χ4v) is 3.19. The standard InChI is InChI=1S/C17H23N3O/c21-17(12-4-5-12)19-14-3-1-2-13(10-14)18-15-8-9-20(11-15)16-6-7-16/h1-3,10,12,15-16,18H,4-9,11H2,(H,19,21). The summed E-state index contributed by atoms with van der Waals surface area (Å²) < 4.78 is 0. The number of hydrogen-bond donors (Lipinski definition) is 2. The summed E-state index contributed by atoms with van der Waals surface area (Å²) in [7, 11) is 0. The first-order chi connectivity index (χ1) is 10.3. The topological polar surface area (TPSA) is 44.4 Å². The lowest BCUT2D eigenvalue weighted by atomic mass is 10.2. The first-order valence-electron chi connectivity index (χ1n) is 8.19. The zero-order valence-electron chi connectivity index (χ0n) is 12.3. The summed E-state index contributed by atoms with van der Waals surface area (Å²) >= 11 is 0. The van der Waals surface area contributed by atoms with Crippen LogP contribution in [0.4, 0.5) is 11.4 Å². The van der Waals surface area contributed by atoms with Gasteiger partial charge in [0.05, 0.1) is 0 Å². The molecule has 112 valence electrons. The molecular formula is C17H23N3O.